The van der Waals surface area contributed by atoms with Gasteiger partial charge in [0.1, 0.15) is 5.75 Å². The molecule has 1 fully saturated rings. The molecule has 2 heterocycles. The molecule has 1 saturated carbocycles. The van der Waals surface area contributed by atoms with Gasteiger partial charge >= 0.3 is 6.09 Å². The number of aromatic nitrogens is 2. The maximum absolute atomic E-state index is 13.6. The van der Waals surface area contributed by atoms with Gasteiger partial charge in [-0.25, -0.2) is 9.69 Å². The summed E-state index contributed by atoms with van der Waals surface area (Å²) in [5.41, 5.74) is 3.58. The SMILES string of the molecule is Cc1cccc(C2CC2)c1Oc1nnc(Cl)cc1OC(=O)N1c2ccccc2Sc2ccccc21. The van der Waals surface area contributed by atoms with Crippen LogP contribution in [0.4, 0.5) is 16.2 Å². The average molecular weight is 502 g/mol. The van der Waals surface area contributed by atoms with Crippen LogP contribution in [0.5, 0.6) is 17.4 Å². The van der Waals surface area contributed by atoms with E-state index in [-0.39, 0.29) is 16.8 Å². The molecule has 0 N–H and O–H groups in total. The summed E-state index contributed by atoms with van der Waals surface area (Å²) in [6.07, 6.45) is 1.66. The minimum absolute atomic E-state index is 0.0897. The van der Waals surface area contributed by atoms with E-state index in [1.807, 2.05) is 67.6 Å². The predicted octanol–water partition coefficient (Wildman–Crippen LogP) is 7.91. The zero-order chi connectivity index (χ0) is 23.9. The van der Waals surface area contributed by atoms with Crippen molar-refractivity contribution in [1.82, 2.24) is 10.2 Å². The second-order valence-corrected chi connectivity index (χ2v) is 9.92. The highest BCUT2D eigenvalue weighted by molar-refractivity contribution is 7.99. The lowest BCUT2D eigenvalue weighted by molar-refractivity contribution is 0.208. The van der Waals surface area contributed by atoms with Crippen LogP contribution in [-0.2, 0) is 0 Å². The van der Waals surface area contributed by atoms with Crippen LogP contribution in [0.2, 0.25) is 5.15 Å². The minimum Gasteiger partial charge on any atom is -0.434 e. The number of halogens is 1. The Morgan fingerprint density at radius 1 is 0.971 bits per heavy atom. The molecule has 0 spiro atoms. The second-order valence-electron chi connectivity index (χ2n) is 8.45. The molecule has 0 radical (unpaired) electrons. The van der Waals surface area contributed by atoms with Crippen molar-refractivity contribution in [2.45, 2.75) is 35.5 Å². The molecule has 174 valence electrons. The Hall–Kier alpha value is -3.55. The third kappa shape index (κ3) is 4.22. The Morgan fingerprint density at radius 2 is 1.66 bits per heavy atom. The first-order valence-electron chi connectivity index (χ1n) is 11.3. The van der Waals surface area contributed by atoms with E-state index in [1.165, 1.54) is 6.07 Å². The largest absolute Gasteiger partial charge is 0.434 e. The average Bonchev–Trinajstić information content (AvgIpc) is 3.70. The molecule has 0 unspecified atom stereocenters. The van der Waals surface area contributed by atoms with Gasteiger partial charge in [-0.1, -0.05) is 65.8 Å². The number of hydrogen-bond acceptors (Lipinski definition) is 6. The Balaban J connectivity index is 1.36. The molecular formula is C27H20ClN3O3S. The Kier molecular flexibility index (Phi) is 5.59. The number of benzene rings is 3. The van der Waals surface area contributed by atoms with Crippen LogP contribution in [0.15, 0.2) is 82.6 Å². The van der Waals surface area contributed by atoms with Crippen molar-refractivity contribution in [3.63, 3.8) is 0 Å². The standard InChI is InChI=1S/C27H20ClN3O3S/c1-16-7-6-8-18(17-13-14-17)25(16)34-26-21(15-24(28)29-30-26)33-27(32)31-19-9-2-4-11-22(19)35-23-12-5-3-10-20(23)31/h2-12,15,17H,13-14H2,1H3. The van der Waals surface area contributed by atoms with Gasteiger partial charge in [0.25, 0.3) is 5.88 Å². The van der Waals surface area contributed by atoms with Crippen molar-refractivity contribution in [3.05, 3.63) is 89.1 Å². The first-order chi connectivity index (χ1) is 17.1. The van der Waals surface area contributed by atoms with E-state index in [9.17, 15) is 4.79 Å². The monoisotopic (exact) mass is 501 g/mol. The molecule has 2 aliphatic rings. The fourth-order valence-electron chi connectivity index (χ4n) is 4.15. The molecule has 1 aliphatic heterocycles. The number of hydrogen-bond donors (Lipinski definition) is 0. The molecule has 0 atom stereocenters. The molecule has 0 bridgehead atoms. The van der Waals surface area contributed by atoms with Gasteiger partial charge < -0.3 is 9.47 Å². The lowest BCUT2D eigenvalue weighted by Crippen LogP contribution is -2.31. The van der Waals surface area contributed by atoms with E-state index < -0.39 is 6.09 Å². The van der Waals surface area contributed by atoms with E-state index >= 15 is 0 Å². The number of ether oxygens (including phenoxy) is 2. The number of rotatable bonds is 4. The summed E-state index contributed by atoms with van der Waals surface area (Å²) in [7, 11) is 0. The molecule has 35 heavy (non-hydrogen) atoms. The lowest BCUT2D eigenvalue weighted by atomic mass is 10.1. The van der Waals surface area contributed by atoms with Crippen LogP contribution in [0.25, 0.3) is 0 Å². The van der Waals surface area contributed by atoms with Gasteiger partial charge in [0.2, 0.25) is 0 Å². The van der Waals surface area contributed by atoms with Crippen molar-refractivity contribution < 1.29 is 14.3 Å². The first kappa shape index (κ1) is 21.9. The van der Waals surface area contributed by atoms with Crippen LogP contribution in [0.1, 0.15) is 29.9 Å². The van der Waals surface area contributed by atoms with Gasteiger partial charge in [-0.15, -0.1) is 10.2 Å². The number of fused-ring (bicyclic) bond motifs is 2. The van der Waals surface area contributed by atoms with Crippen molar-refractivity contribution in [3.8, 4) is 17.4 Å². The normalized spacial score (nSPS) is 14.2. The van der Waals surface area contributed by atoms with E-state index in [0.717, 1.165) is 45.1 Å². The van der Waals surface area contributed by atoms with Gasteiger partial charge in [-0.3, -0.25) is 0 Å². The van der Waals surface area contributed by atoms with Gasteiger partial charge in [0.15, 0.2) is 10.9 Å². The Bertz CT molecular complexity index is 1410. The van der Waals surface area contributed by atoms with Crippen LogP contribution >= 0.6 is 23.4 Å². The summed E-state index contributed by atoms with van der Waals surface area (Å²) < 4.78 is 12.1. The highest BCUT2D eigenvalue weighted by Crippen LogP contribution is 2.49. The zero-order valence-electron chi connectivity index (χ0n) is 18.8. The highest BCUT2D eigenvalue weighted by atomic mass is 35.5. The summed E-state index contributed by atoms with van der Waals surface area (Å²) in [5, 5.41) is 8.15. The molecule has 1 aliphatic carbocycles. The third-order valence-corrected chi connectivity index (χ3v) is 7.28. The smallest absolute Gasteiger partial charge is 0.424 e. The Labute approximate surface area is 211 Å². The highest BCUT2D eigenvalue weighted by Gasteiger charge is 2.31. The quantitative estimate of drug-likeness (QED) is 0.283. The van der Waals surface area contributed by atoms with Gasteiger partial charge in [0, 0.05) is 15.9 Å². The number of amides is 1. The number of aryl methyl sites for hydroxylation is 1. The topological polar surface area (TPSA) is 64.6 Å². The Morgan fingerprint density at radius 3 is 2.34 bits per heavy atom. The molecule has 6 nitrogen and oxygen atoms in total. The van der Waals surface area contributed by atoms with Crippen molar-refractivity contribution in [2.24, 2.45) is 0 Å². The van der Waals surface area contributed by atoms with Crippen molar-refractivity contribution in [2.75, 3.05) is 4.90 Å². The lowest BCUT2D eigenvalue weighted by Gasteiger charge is -2.30. The minimum atomic E-state index is -0.591. The summed E-state index contributed by atoms with van der Waals surface area (Å²) in [4.78, 5) is 17.1. The number of anilines is 2. The fraction of sp³-hybridized carbons (Fsp3) is 0.148. The van der Waals surface area contributed by atoms with Crippen LogP contribution in [-0.4, -0.2) is 16.3 Å². The molecule has 0 saturated heterocycles. The summed E-state index contributed by atoms with van der Waals surface area (Å²) in [6, 6.07) is 22.9. The van der Waals surface area contributed by atoms with Crippen LogP contribution in [0.3, 0.4) is 0 Å². The fourth-order valence-corrected chi connectivity index (χ4v) is 5.35. The molecule has 8 heteroatoms. The molecule has 1 amide bonds. The van der Waals surface area contributed by atoms with Crippen LogP contribution < -0.4 is 14.4 Å². The molecule has 4 aromatic rings. The van der Waals surface area contributed by atoms with E-state index in [0.29, 0.717) is 11.7 Å². The summed E-state index contributed by atoms with van der Waals surface area (Å²) >= 11 is 7.75. The first-order valence-corrected chi connectivity index (χ1v) is 12.5. The van der Waals surface area contributed by atoms with E-state index in [4.69, 9.17) is 21.1 Å². The number of carbonyl (C=O) groups excluding carboxylic acids is 1. The van der Waals surface area contributed by atoms with E-state index in [1.54, 1.807) is 16.7 Å². The molecule has 3 aromatic carbocycles. The van der Waals surface area contributed by atoms with Gasteiger partial charge in [0.05, 0.1) is 11.4 Å². The number of para-hydroxylation sites is 3. The van der Waals surface area contributed by atoms with Crippen molar-refractivity contribution in [1.29, 1.82) is 0 Å². The maximum atomic E-state index is 13.6. The molecule has 6 rings (SSSR count). The summed E-state index contributed by atoms with van der Waals surface area (Å²) in [5.74, 6) is 1.38. The zero-order valence-corrected chi connectivity index (χ0v) is 20.3. The predicted molar refractivity (Wildman–Crippen MR) is 135 cm³/mol. The second kappa shape index (κ2) is 8.91. The van der Waals surface area contributed by atoms with Crippen LogP contribution in [0, 0.1) is 6.92 Å². The maximum Gasteiger partial charge on any atom is 0.424 e. The van der Waals surface area contributed by atoms with E-state index in [2.05, 4.69) is 16.3 Å². The summed E-state index contributed by atoms with van der Waals surface area (Å²) in [6.45, 7) is 1.98. The number of carbonyl (C=O) groups is 1. The molecular weight excluding hydrogens is 482 g/mol. The van der Waals surface area contributed by atoms with Crippen molar-refractivity contribution >= 4 is 40.8 Å². The molecule has 1 aromatic heterocycles. The number of nitrogens with zero attached hydrogens (tertiary/aromatic N) is 3. The van der Waals surface area contributed by atoms with Gasteiger partial charge in [-0.05, 0) is 61.1 Å². The van der Waals surface area contributed by atoms with Gasteiger partial charge in [-0.2, -0.15) is 0 Å². The third-order valence-electron chi connectivity index (χ3n) is 5.97.